The number of fused-ring (bicyclic) bond motifs is 6. The topological polar surface area (TPSA) is 3.24 Å². The van der Waals surface area contributed by atoms with E-state index in [-0.39, 0.29) is 0 Å². The fraction of sp³-hybridized carbons (Fsp3) is 0.0175. The van der Waals surface area contributed by atoms with Crippen molar-refractivity contribution >= 4 is 38.6 Å². The minimum absolute atomic E-state index is 0.492. The zero-order valence-corrected chi connectivity index (χ0v) is 32.0. The summed E-state index contributed by atoms with van der Waals surface area (Å²) in [5.74, 6) is 0. The van der Waals surface area contributed by atoms with Crippen LogP contribution >= 0.6 is 0 Å². The van der Waals surface area contributed by atoms with Crippen LogP contribution in [0, 0.1) is 0 Å². The fourth-order valence-corrected chi connectivity index (χ4v) is 9.54. The Morgan fingerprint density at radius 1 is 0.293 bits per heavy atom. The smallest absolute Gasteiger partial charge is 0.0714 e. The fourth-order valence-electron chi connectivity index (χ4n) is 9.54. The highest BCUT2D eigenvalue weighted by atomic mass is 15.1. The molecular formula is C57H39N. The summed E-state index contributed by atoms with van der Waals surface area (Å²) in [6.45, 7) is 0. The van der Waals surface area contributed by atoms with Gasteiger partial charge >= 0.3 is 0 Å². The molecule has 0 heterocycles. The summed E-state index contributed by atoms with van der Waals surface area (Å²) in [5, 5.41) is 5.07. The van der Waals surface area contributed by atoms with Crippen LogP contribution in [-0.2, 0) is 5.41 Å². The van der Waals surface area contributed by atoms with Gasteiger partial charge in [0.1, 0.15) is 0 Å². The van der Waals surface area contributed by atoms with Gasteiger partial charge in [-0.15, -0.1) is 0 Å². The van der Waals surface area contributed by atoms with Crippen molar-refractivity contribution in [1.82, 2.24) is 0 Å². The number of hydrogen-bond donors (Lipinski definition) is 0. The van der Waals surface area contributed by atoms with E-state index in [4.69, 9.17) is 0 Å². The minimum atomic E-state index is -0.492. The summed E-state index contributed by atoms with van der Waals surface area (Å²) in [6.07, 6.45) is 0. The van der Waals surface area contributed by atoms with Gasteiger partial charge in [-0.1, -0.05) is 200 Å². The van der Waals surface area contributed by atoms with Crippen LogP contribution in [0.15, 0.2) is 237 Å². The number of benzene rings is 10. The van der Waals surface area contributed by atoms with Crippen molar-refractivity contribution in [2.24, 2.45) is 0 Å². The van der Waals surface area contributed by atoms with E-state index in [1.54, 1.807) is 0 Å². The highest BCUT2D eigenvalue weighted by Gasteiger charge is 2.46. The zero-order valence-electron chi connectivity index (χ0n) is 32.0. The molecule has 0 saturated heterocycles. The van der Waals surface area contributed by atoms with Gasteiger partial charge in [0.15, 0.2) is 0 Å². The molecule has 1 nitrogen and oxygen atoms in total. The molecule has 58 heavy (non-hydrogen) atoms. The Labute approximate surface area is 339 Å². The highest BCUT2D eigenvalue weighted by molar-refractivity contribution is 6.14. The average molecular weight is 738 g/mol. The highest BCUT2D eigenvalue weighted by Crippen LogP contribution is 2.57. The molecule has 1 aliphatic rings. The molecule has 0 N–H and O–H groups in total. The number of rotatable bonds is 7. The lowest BCUT2D eigenvalue weighted by Crippen LogP contribution is -2.28. The molecule has 0 amide bonds. The summed E-state index contributed by atoms with van der Waals surface area (Å²) >= 11 is 0. The maximum atomic E-state index is 2.45. The zero-order chi connectivity index (χ0) is 38.5. The lowest BCUT2D eigenvalue weighted by molar-refractivity contribution is 0.768. The molecule has 0 fully saturated rings. The molecule has 1 aliphatic carbocycles. The summed E-state index contributed by atoms with van der Waals surface area (Å²) in [4.78, 5) is 2.42. The number of anilines is 3. The Bertz CT molecular complexity index is 3040. The SMILES string of the molecule is c1ccc(-c2ccc(N(c3ccc(-c4cccc5ccc6ccccc6c45)cc3)c3ccc4c(c3)C(c3ccccc3)(c3ccccc3)c3ccccc3-4)cc2)cc1. The van der Waals surface area contributed by atoms with E-state index < -0.39 is 5.41 Å². The van der Waals surface area contributed by atoms with Crippen molar-refractivity contribution < 1.29 is 0 Å². The molecular weight excluding hydrogens is 699 g/mol. The molecule has 0 bridgehead atoms. The van der Waals surface area contributed by atoms with Crippen LogP contribution in [0.25, 0.3) is 54.9 Å². The molecule has 0 aromatic heterocycles. The monoisotopic (exact) mass is 737 g/mol. The number of nitrogens with zero attached hydrogens (tertiary/aromatic N) is 1. The van der Waals surface area contributed by atoms with Crippen LogP contribution in [0.3, 0.4) is 0 Å². The largest absolute Gasteiger partial charge is 0.310 e. The molecule has 0 aliphatic heterocycles. The van der Waals surface area contributed by atoms with Crippen LogP contribution in [-0.4, -0.2) is 0 Å². The van der Waals surface area contributed by atoms with Crippen molar-refractivity contribution in [2.45, 2.75) is 5.41 Å². The van der Waals surface area contributed by atoms with Gasteiger partial charge in [-0.25, -0.2) is 0 Å². The minimum Gasteiger partial charge on any atom is -0.310 e. The van der Waals surface area contributed by atoms with Gasteiger partial charge in [0, 0.05) is 17.1 Å². The van der Waals surface area contributed by atoms with Crippen LogP contribution in [0.4, 0.5) is 17.1 Å². The van der Waals surface area contributed by atoms with Crippen molar-refractivity contribution in [3.63, 3.8) is 0 Å². The standard InChI is InChI=1S/C57H39N/c1-4-15-40(16-5-1)41-29-33-47(34-30-41)58(48-35-31-43(32-36-48)51-25-14-18-44-28-27-42-17-10-11-23-50(42)56(44)51)49-37-38-53-52-24-12-13-26-54(52)57(55(53)39-49,45-19-6-2-7-20-45)46-21-8-3-9-22-46/h1-39H. The molecule has 0 atom stereocenters. The van der Waals surface area contributed by atoms with Crippen molar-refractivity contribution in [2.75, 3.05) is 4.90 Å². The predicted molar refractivity (Wildman–Crippen MR) is 244 cm³/mol. The van der Waals surface area contributed by atoms with E-state index in [0.29, 0.717) is 0 Å². The van der Waals surface area contributed by atoms with Crippen molar-refractivity contribution in [3.8, 4) is 33.4 Å². The first kappa shape index (κ1) is 33.8. The molecule has 11 rings (SSSR count). The summed E-state index contributed by atoms with van der Waals surface area (Å²) < 4.78 is 0. The predicted octanol–water partition coefficient (Wildman–Crippen LogP) is 15.2. The lowest BCUT2D eigenvalue weighted by Gasteiger charge is -2.35. The van der Waals surface area contributed by atoms with Crippen LogP contribution in [0.5, 0.6) is 0 Å². The summed E-state index contributed by atoms with van der Waals surface area (Å²) in [7, 11) is 0. The van der Waals surface area contributed by atoms with Gasteiger partial charge in [0.2, 0.25) is 0 Å². The Hall–Kier alpha value is -7.48. The third kappa shape index (κ3) is 5.39. The van der Waals surface area contributed by atoms with Crippen molar-refractivity contribution in [1.29, 1.82) is 0 Å². The van der Waals surface area contributed by atoms with Crippen LogP contribution in [0.2, 0.25) is 0 Å². The van der Waals surface area contributed by atoms with Gasteiger partial charge in [-0.05, 0) is 114 Å². The normalized spacial score (nSPS) is 12.6. The van der Waals surface area contributed by atoms with Gasteiger partial charge in [0.05, 0.1) is 5.41 Å². The molecule has 10 aromatic rings. The Kier molecular flexibility index (Phi) is 8.12. The van der Waals surface area contributed by atoms with Crippen molar-refractivity contribution in [3.05, 3.63) is 259 Å². The second-order valence-corrected chi connectivity index (χ2v) is 15.2. The first-order chi connectivity index (χ1) is 28.8. The van der Waals surface area contributed by atoms with E-state index in [0.717, 1.165) is 17.1 Å². The molecule has 0 saturated carbocycles. The first-order valence-electron chi connectivity index (χ1n) is 20.1. The second kappa shape index (κ2) is 13.9. The first-order valence-corrected chi connectivity index (χ1v) is 20.1. The third-order valence-corrected chi connectivity index (χ3v) is 12.1. The van der Waals surface area contributed by atoms with Gasteiger partial charge in [-0.3, -0.25) is 0 Å². The number of hydrogen-bond acceptors (Lipinski definition) is 1. The Morgan fingerprint density at radius 3 is 1.50 bits per heavy atom. The average Bonchev–Trinajstić information content (AvgIpc) is 3.60. The molecule has 272 valence electrons. The van der Waals surface area contributed by atoms with E-state index in [9.17, 15) is 0 Å². The van der Waals surface area contributed by atoms with E-state index >= 15 is 0 Å². The Morgan fingerprint density at radius 2 is 0.793 bits per heavy atom. The van der Waals surface area contributed by atoms with Gasteiger partial charge < -0.3 is 4.90 Å². The summed E-state index contributed by atoms with van der Waals surface area (Å²) in [5.41, 5.74) is 15.3. The van der Waals surface area contributed by atoms with Crippen LogP contribution in [0.1, 0.15) is 22.3 Å². The molecule has 0 unspecified atom stereocenters. The summed E-state index contributed by atoms with van der Waals surface area (Å²) in [6, 6.07) is 86.8. The third-order valence-electron chi connectivity index (χ3n) is 12.1. The quantitative estimate of drug-likeness (QED) is 0.147. The second-order valence-electron chi connectivity index (χ2n) is 15.2. The van der Waals surface area contributed by atoms with E-state index in [1.165, 1.54) is 77.2 Å². The van der Waals surface area contributed by atoms with Gasteiger partial charge in [-0.2, -0.15) is 0 Å². The van der Waals surface area contributed by atoms with Gasteiger partial charge in [0.25, 0.3) is 0 Å². The Balaban J connectivity index is 1.11. The molecule has 10 aromatic carbocycles. The maximum Gasteiger partial charge on any atom is 0.0714 e. The van der Waals surface area contributed by atoms with E-state index in [2.05, 4.69) is 241 Å². The van der Waals surface area contributed by atoms with E-state index in [1.807, 2.05) is 0 Å². The molecule has 0 spiro atoms. The maximum absolute atomic E-state index is 2.45. The lowest BCUT2D eigenvalue weighted by atomic mass is 9.67. The molecule has 0 radical (unpaired) electrons. The molecule has 1 heteroatoms. The van der Waals surface area contributed by atoms with Crippen LogP contribution < -0.4 is 4.90 Å².